The van der Waals surface area contributed by atoms with Gasteiger partial charge in [-0.05, 0) is 118 Å². The second-order valence-corrected chi connectivity index (χ2v) is 29.0. The molecule has 0 saturated carbocycles. The van der Waals surface area contributed by atoms with Crippen molar-refractivity contribution in [1.82, 2.24) is 73.4 Å². The summed E-state index contributed by atoms with van der Waals surface area (Å²) < 4.78 is 0. The molecule has 1 saturated heterocycles. The van der Waals surface area contributed by atoms with E-state index in [2.05, 4.69) is 74.2 Å². The van der Waals surface area contributed by atoms with Crippen LogP contribution in [0.3, 0.4) is 0 Å². The van der Waals surface area contributed by atoms with E-state index in [1.165, 1.54) is 18.7 Å². The molecule has 594 valence electrons. The Hall–Kier alpha value is -10.8. The first-order valence-electron chi connectivity index (χ1n) is 36.8. The first-order valence-corrected chi connectivity index (χ1v) is 36.8. The van der Waals surface area contributed by atoms with Crippen LogP contribution in [0.5, 0.6) is 0 Å². The molecule has 0 radical (unpaired) electrons. The summed E-state index contributed by atoms with van der Waals surface area (Å²) in [5.41, 5.74) is 18.0. The minimum atomic E-state index is -1.65. The summed E-state index contributed by atoms with van der Waals surface area (Å²) in [5.74, 6) is -13.8. The van der Waals surface area contributed by atoms with E-state index in [0.717, 1.165) is 21.8 Å². The molecular weight excluding hydrogens is 1410 g/mol. The van der Waals surface area contributed by atoms with Crippen LogP contribution in [0.2, 0.25) is 0 Å². The third-order valence-corrected chi connectivity index (χ3v) is 18.5. The van der Waals surface area contributed by atoms with E-state index in [-0.39, 0.29) is 88.6 Å². The molecule has 2 aromatic heterocycles. The number of likely N-dealkylation sites (tertiary alicyclic amines) is 1. The fourth-order valence-corrected chi connectivity index (χ4v) is 12.8. The number of hydrogen-bond donors (Lipinski definition) is 19. The standard InChI is InChI=1S/C75H107N17O17/c1-39(2)30-54(90-72(106)60-25-17-29-92(60)73(107)59(35-46-38-81-51-23-15-13-21-48(46)51)91-71(105)58(88-65(99)49(76)36-62(95)96)34-45-37-80-50-22-14-12-20-47(45)50)67(101)83-43(8)64(98)87-57(33-44-18-10-9-11-19-44)70(104)84-52(26-27-61(93)94)66(100)82-42(7)63(97)86-55(31-40(3)4)69(103)89-56(32-41(5)6)68(102)85-53(74(108)109)24-16-28-79-75(77)78/h9-15,18-23,37-43,49,52-60,75,79-81H,16-17,24-36,76-78H2,1-8H3,(H,82,100)(H,83,101)(H,84,104)(H,85,102)(H,86,97)(H,87,98)(H,88,99)(H,89,103)(H,90,106)(H,91,105)(H,93,94)(H,95,96)(H,108,109)/p+1/t42-,43-,49-,52-,53-,54-,55-,56-,57-,58-,59-,60-/m1/s1. The lowest BCUT2D eigenvalue weighted by atomic mass is 9.99. The predicted octanol–water partition coefficient (Wildman–Crippen LogP) is -0.700. The maximum atomic E-state index is 15.2. The molecule has 12 atom stereocenters. The summed E-state index contributed by atoms with van der Waals surface area (Å²) in [6, 6.07) is 6.56. The molecular formula is C75H108N17O17+. The maximum absolute atomic E-state index is 15.2. The van der Waals surface area contributed by atoms with Crippen LogP contribution in [-0.2, 0) is 86.4 Å². The summed E-state index contributed by atoms with van der Waals surface area (Å²) in [6.45, 7) is 13.6. The van der Waals surface area contributed by atoms with E-state index in [1.54, 1.807) is 96.4 Å². The van der Waals surface area contributed by atoms with Gasteiger partial charge in [0, 0.05) is 66.4 Å². The number of carbonyl (C=O) groups is 14. The van der Waals surface area contributed by atoms with Gasteiger partial charge in [-0.3, -0.25) is 67.6 Å². The number of aromatic nitrogens is 2. The number of para-hydroxylation sites is 2. The van der Waals surface area contributed by atoms with Gasteiger partial charge in [0.05, 0.1) is 0 Å². The number of carboxylic acids is 3. The van der Waals surface area contributed by atoms with E-state index in [0.29, 0.717) is 23.1 Å². The minimum Gasteiger partial charge on any atom is -0.481 e. The molecule has 1 fully saturated rings. The fraction of sp³-hybridized carbons (Fsp3) is 0.520. The van der Waals surface area contributed by atoms with Crippen LogP contribution in [-0.4, -0.2) is 205 Å². The number of amides is 11. The van der Waals surface area contributed by atoms with Crippen molar-refractivity contribution in [2.45, 2.75) is 218 Å². The molecule has 0 aliphatic carbocycles. The molecule has 0 bridgehead atoms. The normalized spacial score (nSPS) is 15.9. The van der Waals surface area contributed by atoms with Gasteiger partial charge in [-0.25, -0.2) is 4.79 Å². The zero-order chi connectivity index (χ0) is 80.3. The van der Waals surface area contributed by atoms with E-state index in [4.69, 9.17) is 11.5 Å². The third kappa shape index (κ3) is 27.4. The van der Waals surface area contributed by atoms with Gasteiger partial charge in [-0.15, -0.1) is 0 Å². The van der Waals surface area contributed by atoms with Crippen LogP contribution in [0, 0.1) is 17.8 Å². The topological polar surface area (TPSA) is 546 Å². The quantitative estimate of drug-likeness (QED) is 0.0169. The van der Waals surface area contributed by atoms with Crippen LogP contribution in [0.1, 0.15) is 136 Å². The Morgan fingerprint density at radius 3 is 1.40 bits per heavy atom. The predicted molar refractivity (Wildman–Crippen MR) is 401 cm³/mol. The average molecular weight is 1520 g/mol. The van der Waals surface area contributed by atoms with Crippen molar-refractivity contribution in [3.63, 3.8) is 0 Å². The molecule has 5 aromatic rings. The van der Waals surface area contributed by atoms with Gasteiger partial charge in [-0.2, -0.15) is 0 Å². The van der Waals surface area contributed by atoms with Gasteiger partial charge < -0.3 is 101 Å². The van der Waals surface area contributed by atoms with Crippen LogP contribution < -0.4 is 75.7 Å². The minimum absolute atomic E-state index is 0.00143. The van der Waals surface area contributed by atoms with E-state index in [1.807, 2.05) is 36.4 Å². The Balaban J connectivity index is 1.16. The van der Waals surface area contributed by atoms with Gasteiger partial charge in [0.1, 0.15) is 79.2 Å². The number of aliphatic carboxylic acids is 3. The summed E-state index contributed by atoms with van der Waals surface area (Å²) in [4.78, 5) is 201. The summed E-state index contributed by atoms with van der Waals surface area (Å²) >= 11 is 0. The number of nitrogens with one attached hydrogen (secondary N) is 13. The summed E-state index contributed by atoms with van der Waals surface area (Å²) in [5, 5.41) is 59.8. The molecule has 1 aliphatic heterocycles. The third-order valence-electron chi connectivity index (χ3n) is 18.5. The molecule has 23 N–H and O–H groups in total. The zero-order valence-electron chi connectivity index (χ0n) is 62.9. The Labute approximate surface area is 631 Å². The van der Waals surface area contributed by atoms with Crippen LogP contribution in [0.4, 0.5) is 0 Å². The van der Waals surface area contributed by atoms with E-state index < -0.39 is 181 Å². The average Bonchev–Trinajstić information content (AvgIpc) is 1.71. The summed E-state index contributed by atoms with van der Waals surface area (Å²) in [7, 11) is 0. The zero-order valence-corrected chi connectivity index (χ0v) is 62.9. The first kappa shape index (κ1) is 87.1. The molecule has 109 heavy (non-hydrogen) atoms. The number of nitrogens with zero attached hydrogens (tertiary/aromatic N) is 1. The van der Waals surface area contributed by atoms with Crippen molar-refractivity contribution in [3.8, 4) is 0 Å². The molecule has 3 heterocycles. The fourth-order valence-electron chi connectivity index (χ4n) is 12.8. The highest BCUT2D eigenvalue weighted by molar-refractivity contribution is 6.00. The van der Waals surface area contributed by atoms with Crippen LogP contribution in [0.15, 0.2) is 91.3 Å². The molecule has 0 unspecified atom stereocenters. The van der Waals surface area contributed by atoms with E-state index in [9.17, 15) is 77.6 Å². The lowest BCUT2D eigenvalue weighted by Crippen LogP contribution is -2.69. The maximum Gasteiger partial charge on any atom is 0.326 e. The smallest absolute Gasteiger partial charge is 0.326 e. The Morgan fingerprint density at radius 1 is 0.477 bits per heavy atom. The molecule has 1 aliphatic rings. The lowest BCUT2D eigenvalue weighted by Gasteiger charge is -2.31. The molecule has 34 heteroatoms. The van der Waals surface area contributed by atoms with Crippen molar-refractivity contribution in [2.75, 3.05) is 13.1 Å². The van der Waals surface area contributed by atoms with Gasteiger partial charge in [0.15, 0.2) is 6.04 Å². The van der Waals surface area contributed by atoms with Gasteiger partial charge in [0.2, 0.25) is 59.1 Å². The van der Waals surface area contributed by atoms with Crippen molar-refractivity contribution < 1.29 is 88.2 Å². The van der Waals surface area contributed by atoms with Gasteiger partial charge >= 0.3 is 17.9 Å². The highest BCUT2D eigenvalue weighted by atomic mass is 16.4. The number of benzene rings is 3. The molecule has 34 nitrogen and oxygen atoms in total. The number of quaternary nitrogens is 1. The number of hydrogen-bond acceptors (Lipinski definition) is 17. The second kappa shape index (κ2) is 42.1. The van der Waals surface area contributed by atoms with Crippen molar-refractivity contribution in [1.29, 1.82) is 0 Å². The number of fused-ring (bicyclic) bond motifs is 2. The summed E-state index contributed by atoms with van der Waals surface area (Å²) in [6.07, 6.45) is 1.26. The molecule has 11 amide bonds. The lowest BCUT2D eigenvalue weighted by molar-refractivity contribution is -0.403. The van der Waals surface area contributed by atoms with Crippen LogP contribution >= 0.6 is 0 Å². The second-order valence-electron chi connectivity index (χ2n) is 29.0. The monoisotopic (exact) mass is 1520 g/mol. The highest BCUT2D eigenvalue weighted by Gasteiger charge is 2.42. The molecule has 3 aromatic carbocycles. The van der Waals surface area contributed by atoms with Crippen molar-refractivity contribution in [3.05, 3.63) is 108 Å². The molecule has 6 rings (SSSR count). The Bertz CT molecular complexity index is 3990. The van der Waals surface area contributed by atoms with Gasteiger partial charge in [-0.1, -0.05) is 108 Å². The first-order chi connectivity index (χ1) is 51.6. The largest absolute Gasteiger partial charge is 0.481 e. The number of H-pyrrole nitrogens is 2. The Morgan fingerprint density at radius 2 is 0.899 bits per heavy atom. The molecule has 0 spiro atoms. The Kier molecular flexibility index (Phi) is 33.6. The van der Waals surface area contributed by atoms with Crippen molar-refractivity contribution in [2.24, 2.45) is 29.2 Å². The number of carboxylic acid groups (broad SMARTS) is 3. The highest BCUT2D eigenvalue weighted by Crippen LogP contribution is 2.25. The van der Waals surface area contributed by atoms with Crippen LogP contribution in [0.25, 0.3) is 21.8 Å². The number of nitrogens with two attached hydrogens (primary N) is 2. The number of carbonyl (C=O) groups excluding carboxylic acids is 11. The van der Waals surface area contributed by atoms with E-state index >= 15 is 4.79 Å². The number of rotatable bonds is 44. The van der Waals surface area contributed by atoms with Crippen molar-refractivity contribution >= 4 is 105 Å². The SMILES string of the molecule is CC(C)C[C@@H](NC(=O)[C@H]1CCCN1C(=O)[C@@H](Cc1c[nH]c2ccccc12)NC(=O)[C@@H](Cc1c[nH]c2ccccc12)NC(=O)[C@H]([NH3+])CC(=O)O)C(=O)N[C@H](C)C(=O)N[C@H](Cc1ccccc1)C(=O)N[C@H](CCC(=O)O)C(=O)N[C@H](C)C(=O)N[C@H](CC(C)C)C(=O)N[C@H](CC(C)C)C(=O)N[C@H](CCCNC(N)N)C(=O)O. The van der Waals surface area contributed by atoms with Gasteiger partial charge in [0.25, 0.3) is 5.91 Å². The number of aromatic amines is 2.